The molecule has 2 rings (SSSR count). The van der Waals surface area contributed by atoms with Crippen LogP contribution in [0.3, 0.4) is 0 Å². The zero-order valence-corrected chi connectivity index (χ0v) is 16.8. The second-order valence-corrected chi connectivity index (χ2v) is 7.17. The number of hydrogen-bond donors (Lipinski definition) is 1. The van der Waals surface area contributed by atoms with Crippen molar-refractivity contribution in [2.45, 2.75) is 46.1 Å². The third-order valence-corrected chi connectivity index (χ3v) is 5.40. The molecule has 0 unspecified atom stereocenters. The molecule has 1 heterocycles. The molecule has 0 radical (unpaired) electrons. The molecule has 0 bridgehead atoms. The van der Waals surface area contributed by atoms with Crippen molar-refractivity contribution in [2.75, 3.05) is 26.2 Å². The molecular formula is C20H30ClN3O2. The molecule has 144 valence electrons. The molecule has 1 aromatic carbocycles. The Morgan fingerprint density at radius 3 is 2.42 bits per heavy atom. The Morgan fingerprint density at radius 1 is 1.23 bits per heavy atom. The summed E-state index contributed by atoms with van der Waals surface area (Å²) in [5.41, 5.74) is 1.01. The van der Waals surface area contributed by atoms with Crippen LogP contribution in [-0.4, -0.2) is 47.9 Å². The molecule has 3 amide bonds. The maximum absolute atomic E-state index is 12.6. The quantitative estimate of drug-likeness (QED) is 0.809. The van der Waals surface area contributed by atoms with E-state index in [0.29, 0.717) is 18.1 Å². The molecule has 0 spiro atoms. The van der Waals surface area contributed by atoms with Crippen molar-refractivity contribution in [3.05, 3.63) is 34.9 Å². The topological polar surface area (TPSA) is 52.7 Å². The van der Waals surface area contributed by atoms with E-state index in [4.69, 9.17) is 11.6 Å². The zero-order chi connectivity index (χ0) is 19.1. The fourth-order valence-electron chi connectivity index (χ4n) is 3.51. The van der Waals surface area contributed by atoms with Crippen LogP contribution >= 0.6 is 11.6 Å². The summed E-state index contributed by atoms with van der Waals surface area (Å²) in [6, 6.07) is 7.48. The van der Waals surface area contributed by atoms with Gasteiger partial charge in [-0.15, -0.1) is 0 Å². The van der Waals surface area contributed by atoms with Crippen molar-refractivity contribution < 1.29 is 9.59 Å². The van der Waals surface area contributed by atoms with Crippen LogP contribution in [0.1, 0.15) is 51.6 Å². The largest absolute Gasteiger partial charge is 0.343 e. The Kier molecular flexibility index (Phi) is 7.76. The van der Waals surface area contributed by atoms with Crippen molar-refractivity contribution in [3.63, 3.8) is 0 Å². The molecule has 5 nitrogen and oxygen atoms in total. The predicted molar refractivity (Wildman–Crippen MR) is 105 cm³/mol. The van der Waals surface area contributed by atoms with Gasteiger partial charge in [0.1, 0.15) is 0 Å². The predicted octanol–water partition coefficient (Wildman–Crippen LogP) is 4.08. The average Bonchev–Trinajstić information content (AvgIpc) is 2.66. The van der Waals surface area contributed by atoms with E-state index in [2.05, 4.69) is 5.32 Å². The Hall–Kier alpha value is -1.75. The highest BCUT2D eigenvalue weighted by Gasteiger charge is 2.30. The minimum atomic E-state index is -0.0643. The maximum atomic E-state index is 12.6. The lowest BCUT2D eigenvalue weighted by Gasteiger charge is -2.34. The monoisotopic (exact) mass is 379 g/mol. The Bertz CT molecular complexity index is 611. The molecule has 1 aliphatic rings. The zero-order valence-electron chi connectivity index (χ0n) is 16.0. The molecule has 1 saturated heterocycles. The summed E-state index contributed by atoms with van der Waals surface area (Å²) in [6.07, 6.45) is 2.26. The van der Waals surface area contributed by atoms with Crippen molar-refractivity contribution in [2.24, 2.45) is 5.92 Å². The van der Waals surface area contributed by atoms with Gasteiger partial charge in [0.15, 0.2) is 0 Å². The lowest BCUT2D eigenvalue weighted by molar-refractivity contribution is -0.136. The van der Waals surface area contributed by atoms with Crippen LogP contribution in [0.5, 0.6) is 0 Å². The third kappa shape index (κ3) is 5.13. The van der Waals surface area contributed by atoms with Gasteiger partial charge in [0.2, 0.25) is 5.91 Å². The third-order valence-electron chi connectivity index (χ3n) is 5.16. The summed E-state index contributed by atoms with van der Waals surface area (Å²) in [6.45, 7) is 8.78. The molecule has 1 atom stereocenters. The number of rotatable bonds is 6. The lowest BCUT2D eigenvalue weighted by Crippen LogP contribution is -2.48. The van der Waals surface area contributed by atoms with E-state index >= 15 is 0 Å². The van der Waals surface area contributed by atoms with Crippen molar-refractivity contribution in [1.29, 1.82) is 0 Å². The van der Waals surface area contributed by atoms with Crippen LogP contribution < -0.4 is 5.32 Å². The van der Waals surface area contributed by atoms with Gasteiger partial charge in [-0.25, -0.2) is 4.79 Å². The summed E-state index contributed by atoms with van der Waals surface area (Å²) in [5, 5.41) is 3.77. The van der Waals surface area contributed by atoms with Gasteiger partial charge in [0.05, 0.1) is 6.04 Å². The van der Waals surface area contributed by atoms with Gasteiger partial charge in [-0.3, -0.25) is 4.79 Å². The number of amides is 3. The molecule has 0 aliphatic carbocycles. The van der Waals surface area contributed by atoms with E-state index in [1.54, 1.807) is 0 Å². The molecule has 1 aromatic rings. The highest BCUT2D eigenvalue weighted by molar-refractivity contribution is 6.30. The van der Waals surface area contributed by atoms with Crippen molar-refractivity contribution >= 4 is 23.5 Å². The number of carbonyl (C=O) groups excluding carboxylic acids is 2. The Labute approximate surface area is 161 Å². The summed E-state index contributed by atoms with van der Waals surface area (Å²) in [7, 11) is 0. The number of urea groups is 1. The molecule has 0 aromatic heterocycles. The minimum Gasteiger partial charge on any atom is -0.343 e. The SMILES string of the molecule is CC[C@@H](NC(=O)N1CCC(C(=O)N(CC)CC)CC1)c1cccc(Cl)c1. The summed E-state index contributed by atoms with van der Waals surface area (Å²) in [5.74, 6) is 0.259. The first kappa shape index (κ1) is 20.6. The number of likely N-dealkylation sites (tertiary alicyclic amines) is 1. The number of piperidine rings is 1. The van der Waals surface area contributed by atoms with E-state index in [0.717, 1.165) is 37.9 Å². The van der Waals surface area contributed by atoms with Gasteiger partial charge in [-0.05, 0) is 50.8 Å². The normalized spacial score (nSPS) is 16.2. The number of halogens is 1. The van der Waals surface area contributed by atoms with E-state index in [9.17, 15) is 9.59 Å². The second-order valence-electron chi connectivity index (χ2n) is 6.74. The highest BCUT2D eigenvalue weighted by Crippen LogP contribution is 2.23. The van der Waals surface area contributed by atoms with Gasteiger partial charge in [0, 0.05) is 37.1 Å². The number of hydrogen-bond acceptors (Lipinski definition) is 2. The van der Waals surface area contributed by atoms with Crippen LogP contribution in [0.4, 0.5) is 4.79 Å². The second kappa shape index (κ2) is 9.81. The number of nitrogens with zero attached hydrogens (tertiary/aromatic N) is 2. The summed E-state index contributed by atoms with van der Waals surface area (Å²) < 4.78 is 0. The van der Waals surface area contributed by atoms with E-state index in [-0.39, 0.29) is 23.9 Å². The first-order chi connectivity index (χ1) is 12.5. The molecule has 1 N–H and O–H groups in total. The lowest BCUT2D eigenvalue weighted by atomic mass is 9.95. The first-order valence-electron chi connectivity index (χ1n) is 9.59. The molecule has 1 aliphatic heterocycles. The first-order valence-corrected chi connectivity index (χ1v) is 9.97. The van der Waals surface area contributed by atoms with Crippen LogP contribution in [0.25, 0.3) is 0 Å². The maximum Gasteiger partial charge on any atom is 0.317 e. The summed E-state index contributed by atoms with van der Waals surface area (Å²) in [4.78, 5) is 28.8. The van der Waals surface area contributed by atoms with Crippen molar-refractivity contribution in [1.82, 2.24) is 15.1 Å². The fourth-order valence-corrected chi connectivity index (χ4v) is 3.71. The number of carbonyl (C=O) groups is 2. The van der Waals surface area contributed by atoms with Gasteiger partial charge < -0.3 is 15.1 Å². The van der Waals surface area contributed by atoms with Gasteiger partial charge in [0.25, 0.3) is 0 Å². The number of nitrogens with one attached hydrogen (secondary N) is 1. The van der Waals surface area contributed by atoms with Crippen LogP contribution in [0.15, 0.2) is 24.3 Å². The molecule has 0 saturated carbocycles. The smallest absolute Gasteiger partial charge is 0.317 e. The van der Waals surface area contributed by atoms with Crippen molar-refractivity contribution in [3.8, 4) is 0 Å². The Morgan fingerprint density at radius 2 is 1.88 bits per heavy atom. The molecular weight excluding hydrogens is 350 g/mol. The minimum absolute atomic E-state index is 0.0360. The van der Waals surface area contributed by atoms with E-state index < -0.39 is 0 Å². The van der Waals surface area contributed by atoms with Gasteiger partial charge in [-0.2, -0.15) is 0 Å². The number of benzene rings is 1. The highest BCUT2D eigenvalue weighted by atomic mass is 35.5. The molecule has 26 heavy (non-hydrogen) atoms. The van der Waals surface area contributed by atoms with E-state index in [1.165, 1.54) is 0 Å². The molecule has 1 fully saturated rings. The summed E-state index contributed by atoms with van der Waals surface area (Å²) >= 11 is 6.07. The van der Waals surface area contributed by atoms with Gasteiger partial charge in [-0.1, -0.05) is 30.7 Å². The molecule has 6 heteroatoms. The Balaban J connectivity index is 1.90. The van der Waals surface area contributed by atoms with E-state index in [1.807, 2.05) is 54.8 Å². The van der Waals surface area contributed by atoms with Crippen LogP contribution in [-0.2, 0) is 4.79 Å². The van der Waals surface area contributed by atoms with Crippen LogP contribution in [0.2, 0.25) is 5.02 Å². The van der Waals surface area contributed by atoms with Crippen LogP contribution in [0, 0.1) is 5.92 Å². The fraction of sp³-hybridized carbons (Fsp3) is 0.600. The standard InChI is InChI=1S/C20H30ClN3O2/c1-4-18(16-8-7-9-17(21)14-16)22-20(26)24-12-10-15(11-13-24)19(25)23(5-2)6-3/h7-9,14-15,18H,4-6,10-13H2,1-3H3,(H,22,26)/t18-/m1/s1. The average molecular weight is 380 g/mol. The van der Waals surface area contributed by atoms with Gasteiger partial charge >= 0.3 is 6.03 Å².